The smallest absolute Gasteiger partial charge is 0.273 e. The molecule has 1 heterocycles. The van der Waals surface area contributed by atoms with E-state index in [1.165, 1.54) is 30.2 Å². The molecule has 0 saturated carbocycles. The van der Waals surface area contributed by atoms with Crippen molar-refractivity contribution in [3.8, 4) is 5.75 Å². The summed E-state index contributed by atoms with van der Waals surface area (Å²) in [5.74, 6) is -0.761. The molecule has 8 heteroatoms. The third kappa shape index (κ3) is 3.74. The fourth-order valence-corrected chi connectivity index (χ4v) is 3.07. The summed E-state index contributed by atoms with van der Waals surface area (Å²) in [6.07, 6.45) is 0.0673. The van der Waals surface area contributed by atoms with Crippen molar-refractivity contribution in [2.75, 3.05) is 23.9 Å². The summed E-state index contributed by atoms with van der Waals surface area (Å²) >= 11 is 0. The van der Waals surface area contributed by atoms with E-state index in [0.29, 0.717) is 11.4 Å². The van der Waals surface area contributed by atoms with Crippen LogP contribution in [0.1, 0.15) is 12.0 Å². The summed E-state index contributed by atoms with van der Waals surface area (Å²) in [7, 11) is 1.38. The van der Waals surface area contributed by atoms with Gasteiger partial charge in [-0.05, 0) is 24.6 Å². The lowest BCUT2D eigenvalue weighted by atomic mass is 10.1. The van der Waals surface area contributed by atoms with Crippen LogP contribution in [0.15, 0.2) is 42.5 Å². The summed E-state index contributed by atoms with van der Waals surface area (Å²) in [6.45, 7) is 2.08. The molecule has 2 amide bonds. The molecule has 140 valence electrons. The van der Waals surface area contributed by atoms with Crippen molar-refractivity contribution < 1.29 is 19.2 Å². The Labute approximate surface area is 155 Å². The summed E-state index contributed by atoms with van der Waals surface area (Å²) in [6, 6.07) is 11.5. The molecule has 2 aromatic carbocycles. The van der Waals surface area contributed by atoms with E-state index in [4.69, 9.17) is 4.74 Å². The first-order chi connectivity index (χ1) is 12.9. The SMILES string of the molecule is COc1cc([N+](=O)[O-])ccc1N1C[C@@H](C(=O)Nc2ccccc2C)CC1=O. The standard InChI is InChI=1S/C19H19N3O5/c1-12-5-3-4-6-15(12)20-19(24)13-9-18(23)21(11-13)16-8-7-14(22(25)26)10-17(16)27-2/h3-8,10,13H,9,11H2,1-2H3,(H,20,24)/t13-/m0/s1. The van der Waals surface area contributed by atoms with Crippen molar-refractivity contribution in [1.82, 2.24) is 0 Å². The van der Waals surface area contributed by atoms with Crippen molar-refractivity contribution in [1.29, 1.82) is 0 Å². The number of aryl methyl sites for hydroxylation is 1. The third-order valence-corrected chi connectivity index (χ3v) is 4.56. The molecule has 0 spiro atoms. The molecule has 1 aliphatic rings. The van der Waals surface area contributed by atoms with Gasteiger partial charge in [-0.15, -0.1) is 0 Å². The Bertz CT molecular complexity index is 912. The minimum absolute atomic E-state index is 0.0673. The zero-order chi connectivity index (χ0) is 19.6. The number of nitro groups is 1. The fourth-order valence-electron chi connectivity index (χ4n) is 3.07. The molecule has 1 atom stereocenters. The van der Waals surface area contributed by atoms with E-state index in [2.05, 4.69) is 5.32 Å². The molecule has 1 aliphatic heterocycles. The zero-order valence-corrected chi connectivity index (χ0v) is 15.0. The number of para-hydroxylation sites is 1. The summed E-state index contributed by atoms with van der Waals surface area (Å²) in [4.78, 5) is 36.9. The first-order valence-corrected chi connectivity index (χ1v) is 8.40. The van der Waals surface area contributed by atoms with Gasteiger partial charge in [0.2, 0.25) is 11.8 Å². The Morgan fingerprint density at radius 3 is 2.70 bits per heavy atom. The lowest BCUT2D eigenvalue weighted by Crippen LogP contribution is -2.28. The summed E-state index contributed by atoms with van der Waals surface area (Å²) in [5, 5.41) is 13.8. The highest BCUT2D eigenvalue weighted by molar-refractivity contribution is 6.04. The molecule has 0 unspecified atom stereocenters. The highest BCUT2D eigenvalue weighted by Gasteiger charge is 2.36. The highest BCUT2D eigenvalue weighted by atomic mass is 16.6. The fraction of sp³-hybridized carbons (Fsp3) is 0.263. The number of hydrogen-bond donors (Lipinski definition) is 1. The van der Waals surface area contributed by atoms with Crippen molar-refractivity contribution in [2.24, 2.45) is 5.92 Å². The second-order valence-electron chi connectivity index (χ2n) is 6.32. The van der Waals surface area contributed by atoms with Crippen LogP contribution in [0.25, 0.3) is 0 Å². The number of rotatable bonds is 5. The number of hydrogen-bond acceptors (Lipinski definition) is 5. The Morgan fingerprint density at radius 2 is 2.04 bits per heavy atom. The van der Waals surface area contributed by atoms with Gasteiger partial charge in [-0.3, -0.25) is 19.7 Å². The Morgan fingerprint density at radius 1 is 1.30 bits per heavy atom. The molecule has 2 aromatic rings. The first kappa shape index (κ1) is 18.4. The minimum atomic E-state index is -0.531. The van der Waals surface area contributed by atoms with Crippen LogP contribution in [0, 0.1) is 23.0 Å². The summed E-state index contributed by atoms with van der Waals surface area (Å²) in [5.41, 5.74) is 1.93. The van der Waals surface area contributed by atoms with Crippen LogP contribution in [-0.2, 0) is 9.59 Å². The molecule has 3 rings (SSSR count). The van der Waals surface area contributed by atoms with Crippen LogP contribution < -0.4 is 15.0 Å². The van der Waals surface area contributed by atoms with Gasteiger partial charge in [0.1, 0.15) is 5.75 Å². The molecule has 0 radical (unpaired) electrons. The Balaban J connectivity index is 1.78. The van der Waals surface area contributed by atoms with E-state index in [1.54, 1.807) is 6.07 Å². The van der Waals surface area contributed by atoms with Gasteiger partial charge >= 0.3 is 0 Å². The maximum Gasteiger partial charge on any atom is 0.273 e. The van der Waals surface area contributed by atoms with Crippen molar-refractivity contribution >= 4 is 28.9 Å². The molecule has 1 N–H and O–H groups in total. The highest BCUT2D eigenvalue weighted by Crippen LogP contribution is 2.36. The zero-order valence-electron chi connectivity index (χ0n) is 15.0. The molecule has 27 heavy (non-hydrogen) atoms. The van der Waals surface area contributed by atoms with E-state index >= 15 is 0 Å². The largest absolute Gasteiger partial charge is 0.494 e. The molecule has 0 bridgehead atoms. The van der Waals surface area contributed by atoms with Gasteiger partial charge in [-0.25, -0.2) is 0 Å². The number of carbonyl (C=O) groups excluding carboxylic acids is 2. The topological polar surface area (TPSA) is 102 Å². The maximum absolute atomic E-state index is 12.6. The van der Waals surface area contributed by atoms with E-state index in [-0.39, 0.29) is 36.2 Å². The monoisotopic (exact) mass is 369 g/mol. The van der Waals surface area contributed by atoms with Crippen molar-refractivity contribution in [3.63, 3.8) is 0 Å². The normalized spacial score (nSPS) is 16.3. The van der Waals surface area contributed by atoms with E-state index < -0.39 is 10.8 Å². The third-order valence-electron chi connectivity index (χ3n) is 4.56. The Kier molecular flexibility index (Phi) is 5.07. The van der Waals surface area contributed by atoms with Crippen LogP contribution in [0.2, 0.25) is 0 Å². The van der Waals surface area contributed by atoms with Gasteiger partial charge in [-0.1, -0.05) is 18.2 Å². The number of carbonyl (C=O) groups is 2. The van der Waals surface area contributed by atoms with Gasteiger partial charge in [0.25, 0.3) is 5.69 Å². The number of methoxy groups -OCH3 is 1. The van der Waals surface area contributed by atoms with E-state index in [1.807, 2.05) is 25.1 Å². The molecular weight excluding hydrogens is 350 g/mol. The predicted octanol–water partition coefficient (Wildman–Crippen LogP) is 2.90. The maximum atomic E-state index is 12.6. The van der Waals surface area contributed by atoms with Gasteiger partial charge in [0.15, 0.2) is 0 Å². The van der Waals surface area contributed by atoms with Gasteiger partial charge in [-0.2, -0.15) is 0 Å². The average Bonchev–Trinajstić information content (AvgIpc) is 3.04. The van der Waals surface area contributed by atoms with Gasteiger partial charge in [0, 0.05) is 24.7 Å². The predicted molar refractivity (Wildman–Crippen MR) is 99.9 cm³/mol. The van der Waals surface area contributed by atoms with Crippen LogP contribution >= 0.6 is 0 Å². The number of non-ortho nitro benzene ring substituents is 1. The van der Waals surface area contributed by atoms with Crippen LogP contribution in [-0.4, -0.2) is 30.4 Å². The molecule has 1 fully saturated rings. The number of nitrogens with one attached hydrogen (secondary N) is 1. The van der Waals surface area contributed by atoms with Gasteiger partial charge in [0.05, 0.1) is 29.7 Å². The molecular formula is C19H19N3O5. The lowest BCUT2D eigenvalue weighted by Gasteiger charge is -2.19. The molecule has 1 saturated heterocycles. The number of anilines is 2. The van der Waals surface area contributed by atoms with Crippen LogP contribution in [0.3, 0.4) is 0 Å². The second-order valence-corrected chi connectivity index (χ2v) is 6.32. The van der Waals surface area contributed by atoms with Crippen molar-refractivity contribution in [2.45, 2.75) is 13.3 Å². The molecule has 0 aliphatic carbocycles. The van der Waals surface area contributed by atoms with Crippen LogP contribution in [0.4, 0.5) is 17.1 Å². The second kappa shape index (κ2) is 7.45. The average molecular weight is 369 g/mol. The number of nitrogens with zero attached hydrogens (tertiary/aromatic N) is 2. The number of nitro benzene ring substituents is 1. The first-order valence-electron chi connectivity index (χ1n) is 8.40. The number of ether oxygens (including phenoxy) is 1. The Hall–Kier alpha value is -3.42. The van der Waals surface area contributed by atoms with Crippen LogP contribution in [0.5, 0.6) is 5.75 Å². The molecule has 0 aromatic heterocycles. The summed E-state index contributed by atoms with van der Waals surface area (Å²) < 4.78 is 5.21. The van der Waals surface area contributed by atoms with Crippen molar-refractivity contribution in [3.05, 3.63) is 58.1 Å². The van der Waals surface area contributed by atoms with Gasteiger partial charge < -0.3 is 15.0 Å². The lowest BCUT2D eigenvalue weighted by molar-refractivity contribution is -0.384. The minimum Gasteiger partial charge on any atom is -0.494 e. The van der Waals surface area contributed by atoms with E-state index in [9.17, 15) is 19.7 Å². The van der Waals surface area contributed by atoms with E-state index in [0.717, 1.165) is 5.56 Å². The number of amides is 2. The molecule has 8 nitrogen and oxygen atoms in total. The number of benzene rings is 2. The quantitative estimate of drug-likeness (QED) is 0.645.